The van der Waals surface area contributed by atoms with Crippen LogP contribution in [0.2, 0.25) is 0 Å². The quantitative estimate of drug-likeness (QED) is 0.629. The fourth-order valence-electron chi connectivity index (χ4n) is 1.47. The Bertz CT molecular complexity index is 327. The third-order valence-electron chi connectivity index (χ3n) is 2.25. The normalized spacial score (nSPS) is 23.8. The second-order valence-electron chi connectivity index (χ2n) is 3.77. The number of nitriles is 1. The monoisotopic (exact) mass is 202 g/mol. The molecule has 0 aliphatic carbocycles. The van der Waals surface area contributed by atoms with E-state index < -0.39 is 15.6 Å². The summed E-state index contributed by atoms with van der Waals surface area (Å²) in [6, 6.07) is 2.01. The highest BCUT2D eigenvalue weighted by Crippen LogP contribution is 2.23. The summed E-state index contributed by atoms with van der Waals surface area (Å²) in [7, 11) is -3.18. The molecule has 0 aromatic heterocycles. The first kappa shape index (κ1) is 10.5. The van der Waals surface area contributed by atoms with Crippen LogP contribution in [0.5, 0.6) is 0 Å². The van der Waals surface area contributed by atoms with Crippen LogP contribution in [0, 0.1) is 11.3 Å². The summed E-state index contributed by atoms with van der Waals surface area (Å²) in [6.07, 6.45) is 1.56. The van der Waals surface area contributed by atoms with Gasteiger partial charge in [0.05, 0.1) is 11.8 Å². The van der Waals surface area contributed by atoms with Crippen molar-refractivity contribution in [2.45, 2.75) is 32.2 Å². The summed E-state index contributed by atoms with van der Waals surface area (Å²) < 4.78 is 24.4. The fourth-order valence-corrected chi connectivity index (χ4v) is 3.40. The summed E-state index contributed by atoms with van der Waals surface area (Å²) in [5.41, 5.74) is -0.904. The molecule has 13 heavy (non-hydrogen) atoms. The summed E-state index contributed by atoms with van der Waals surface area (Å²) in [5.74, 6) is 0.179. The van der Waals surface area contributed by atoms with Crippen molar-refractivity contribution in [2.75, 3.05) is 12.3 Å². The van der Waals surface area contributed by atoms with E-state index in [9.17, 15) is 8.42 Å². The lowest BCUT2D eigenvalue weighted by Gasteiger charge is -2.34. The van der Waals surface area contributed by atoms with E-state index >= 15 is 0 Å². The lowest BCUT2D eigenvalue weighted by Crippen LogP contribution is -2.50. The van der Waals surface area contributed by atoms with Crippen molar-refractivity contribution in [2.24, 2.45) is 0 Å². The van der Waals surface area contributed by atoms with Crippen molar-refractivity contribution in [1.82, 2.24) is 4.31 Å². The largest absolute Gasteiger partial charge is 0.215 e. The van der Waals surface area contributed by atoms with E-state index in [1.54, 1.807) is 13.8 Å². The molecule has 5 heteroatoms. The Morgan fingerprint density at radius 2 is 2.00 bits per heavy atom. The smallest absolute Gasteiger partial charge is 0.212 e. The van der Waals surface area contributed by atoms with Crippen molar-refractivity contribution in [3.05, 3.63) is 0 Å². The fraction of sp³-hybridized carbons (Fsp3) is 0.875. The molecule has 0 atom stereocenters. The zero-order valence-corrected chi connectivity index (χ0v) is 8.76. The molecule has 0 aromatic carbocycles. The average molecular weight is 202 g/mol. The van der Waals surface area contributed by atoms with Gasteiger partial charge in [0.1, 0.15) is 5.54 Å². The van der Waals surface area contributed by atoms with E-state index in [4.69, 9.17) is 5.26 Å². The minimum Gasteiger partial charge on any atom is -0.212 e. The minimum absolute atomic E-state index is 0.179. The Morgan fingerprint density at radius 1 is 1.38 bits per heavy atom. The van der Waals surface area contributed by atoms with Gasteiger partial charge in [0.25, 0.3) is 0 Å². The number of sulfonamides is 1. The lowest BCUT2D eigenvalue weighted by molar-refractivity contribution is 0.273. The topological polar surface area (TPSA) is 61.2 Å². The molecule has 0 N–H and O–H groups in total. The van der Waals surface area contributed by atoms with Gasteiger partial charge >= 0.3 is 0 Å². The van der Waals surface area contributed by atoms with Crippen LogP contribution in [0.1, 0.15) is 26.7 Å². The summed E-state index contributed by atoms with van der Waals surface area (Å²) in [4.78, 5) is 0. The van der Waals surface area contributed by atoms with Gasteiger partial charge in [0.15, 0.2) is 0 Å². The lowest BCUT2D eigenvalue weighted by atomic mass is 10.1. The van der Waals surface area contributed by atoms with E-state index in [-0.39, 0.29) is 5.75 Å². The van der Waals surface area contributed by atoms with Gasteiger partial charge in [0.2, 0.25) is 10.0 Å². The molecule has 4 nitrogen and oxygen atoms in total. The van der Waals surface area contributed by atoms with Gasteiger partial charge in [0, 0.05) is 6.54 Å². The van der Waals surface area contributed by atoms with Gasteiger partial charge < -0.3 is 0 Å². The summed E-state index contributed by atoms with van der Waals surface area (Å²) in [6.45, 7) is 3.74. The second-order valence-corrected chi connectivity index (χ2v) is 5.78. The number of rotatable bonds is 1. The zero-order chi connectivity index (χ0) is 10.1. The molecule has 0 unspecified atom stereocenters. The van der Waals surface area contributed by atoms with Crippen LogP contribution in [0.3, 0.4) is 0 Å². The van der Waals surface area contributed by atoms with Crippen molar-refractivity contribution < 1.29 is 8.42 Å². The molecule has 1 saturated heterocycles. The minimum atomic E-state index is -3.18. The zero-order valence-electron chi connectivity index (χ0n) is 7.95. The Balaban J connectivity index is 2.98. The maximum Gasteiger partial charge on any atom is 0.215 e. The van der Waals surface area contributed by atoms with Crippen LogP contribution in [-0.4, -0.2) is 30.6 Å². The van der Waals surface area contributed by atoms with Crippen molar-refractivity contribution in [3.63, 3.8) is 0 Å². The molecule has 0 amide bonds. The Labute approximate surface area is 79.2 Å². The van der Waals surface area contributed by atoms with Crippen LogP contribution < -0.4 is 0 Å². The van der Waals surface area contributed by atoms with Crippen LogP contribution >= 0.6 is 0 Å². The average Bonchev–Trinajstić information content (AvgIpc) is 2.03. The maximum absolute atomic E-state index is 11.6. The molecule has 1 aliphatic heterocycles. The van der Waals surface area contributed by atoms with E-state index in [0.717, 1.165) is 6.42 Å². The standard InChI is InChI=1S/C8H14N2O2S/c1-8(2,7-9)10-5-3-4-6-13(10,11)12/h3-6H2,1-2H3. The van der Waals surface area contributed by atoms with Crippen LogP contribution in [0.15, 0.2) is 0 Å². The molecule has 0 saturated carbocycles. The molecular weight excluding hydrogens is 188 g/mol. The Morgan fingerprint density at radius 3 is 2.46 bits per heavy atom. The molecule has 0 aromatic rings. The first-order chi connectivity index (χ1) is 5.90. The molecule has 1 heterocycles. The van der Waals surface area contributed by atoms with E-state index in [2.05, 4.69) is 0 Å². The molecular formula is C8H14N2O2S. The predicted octanol–water partition coefficient (Wildman–Crippen LogP) is 0.714. The summed E-state index contributed by atoms with van der Waals surface area (Å²) in [5, 5.41) is 8.82. The number of hydrogen-bond acceptors (Lipinski definition) is 3. The third-order valence-corrected chi connectivity index (χ3v) is 4.36. The van der Waals surface area contributed by atoms with E-state index in [1.165, 1.54) is 4.31 Å². The van der Waals surface area contributed by atoms with E-state index in [0.29, 0.717) is 13.0 Å². The maximum atomic E-state index is 11.6. The highest BCUT2D eigenvalue weighted by Gasteiger charge is 2.37. The first-order valence-electron chi connectivity index (χ1n) is 4.32. The Kier molecular flexibility index (Phi) is 2.64. The van der Waals surface area contributed by atoms with Crippen molar-refractivity contribution in [1.29, 1.82) is 5.26 Å². The number of nitrogens with zero attached hydrogens (tertiary/aromatic N) is 2. The third kappa shape index (κ3) is 2.01. The van der Waals surface area contributed by atoms with Gasteiger partial charge in [-0.1, -0.05) is 0 Å². The SMILES string of the molecule is CC(C)(C#N)N1CCCCS1(=O)=O. The predicted molar refractivity (Wildman–Crippen MR) is 49.4 cm³/mol. The van der Waals surface area contributed by atoms with Crippen molar-refractivity contribution >= 4 is 10.0 Å². The molecule has 0 spiro atoms. The first-order valence-corrected chi connectivity index (χ1v) is 5.93. The number of hydrogen-bond donors (Lipinski definition) is 0. The molecule has 0 bridgehead atoms. The molecule has 1 fully saturated rings. The van der Waals surface area contributed by atoms with Crippen LogP contribution in [-0.2, 0) is 10.0 Å². The van der Waals surface area contributed by atoms with Gasteiger partial charge in [-0.05, 0) is 26.7 Å². The molecule has 0 radical (unpaired) electrons. The highest BCUT2D eigenvalue weighted by atomic mass is 32.2. The molecule has 1 aliphatic rings. The van der Waals surface area contributed by atoms with Crippen molar-refractivity contribution in [3.8, 4) is 6.07 Å². The van der Waals surface area contributed by atoms with Gasteiger partial charge in [-0.2, -0.15) is 9.57 Å². The molecule has 1 rings (SSSR count). The Hall–Kier alpha value is -0.600. The molecule has 74 valence electrons. The van der Waals surface area contributed by atoms with E-state index in [1.807, 2.05) is 6.07 Å². The van der Waals surface area contributed by atoms with Gasteiger partial charge in [-0.3, -0.25) is 0 Å². The van der Waals surface area contributed by atoms with Crippen LogP contribution in [0.25, 0.3) is 0 Å². The van der Waals surface area contributed by atoms with Gasteiger partial charge in [-0.15, -0.1) is 0 Å². The highest BCUT2D eigenvalue weighted by molar-refractivity contribution is 7.89. The second kappa shape index (κ2) is 3.28. The van der Waals surface area contributed by atoms with Crippen LogP contribution in [0.4, 0.5) is 0 Å². The van der Waals surface area contributed by atoms with Gasteiger partial charge in [-0.25, -0.2) is 8.42 Å². The summed E-state index contributed by atoms with van der Waals surface area (Å²) >= 11 is 0.